The Morgan fingerprint density at radius 2 is 1.85 bits per heavy atom. The van der Waals surface area contributed by atoms with Gasteiger partial charge in [-0.1, -0.05) is 6.07 Å². The Kier molecular flexibility index (Phi) is 5.59. The standard InChI is InChI=1S/C20H21FN2O4/c1-26-17-8-3-13(11-18(17)27-2)12-22-19(24)16-9-10-23(20(16)25)15-6-4-14(21)5-7-15/h3-8,11,16H,9-10,12H2,1-2H3,(H,22,24). The summed E-state index contributed by atoms with van der Waals surface area (Å²) >= 11 is 0. The summed E-state index contributed by atoms with van der Waals surface area (Å²) in [5.41, 5.74) is 1.43. The predicted octanol–water partition coefficient (Wildman–Crippen LogP) is 2.51. The predicted molar refractivity (Wildman–Crippen MR) is 98.3 cm³/mol. The summed E-state index contributed by atoms with van der Waals surface area (Å²) in [5, 5.41) is 2.80. The van der Waals surface area contributed by atoms with Crippen LogP contribution < -0.4 is 19.7 Å². The summed E-state index contributed by atoms with van der Waals surface area (Å²) in [5.74, 6) is -0.521. The van der Waals surface area contributed by atoms with Gasteiger partial charge in [0.25, 0.3) is 0 Å². The van der Waals surface area contributed by atoms with Crippen molar-refractivity contribution in [3.8, 4) is 11.5 Å². The zero-order valence-electron chi connectivity index (χ0n) is 15.2. The zero-order valence-corrected chi connectivity index (χ0v) is 15.2. The third-order valence-corrected chi connectivity index (χ3v) is 4.57. The molecule has 2 aromatic rings. The molecular weight excluding hydrogens is 351 g/mol. The van der Waals surface area contributed by atoms with Crippen LogP contribution in [0.3, 0.4) is 0 Å². The highest BCUT2D eigenvalue weighted by molar-refractivity contribution is 6.09. The molecule has 1 saturated heterocycles. The van der Waals surface area contributed by atoms with Crippen molar-refractivity contribution in [3.05, 3.63) is 53.8 Å². The molecule has 1 heterocycles. The lowest BCUT2D eigenvalue weighted by Gasteiger charge is -2.17. The molecule has 0 bridgehead atoms. The molecule has 2 amide bonds. The van der Waals surface area contributed by atoms with Gasteiger partial charge in [0, 0.05) is 18.8 Å². The molecule has 1 fully saturated rings. The van der Waals surface area contributed by atoms with Crippen molar-refractivity contribution in [1.29, 1.82) is 0 Å². The van der Waals surface area contributed by atoms with Crippen LogP contribution in [0.25, 0.3) is 0 Å². The van der Waals surface area contributed by atoms with E-state index in [2.05, 4.69) is 5.32 Å². The van der Waals surface area contributed by atoms with Crippen LogP contribution in [0.5, 0.6) is 11.5 Å². The van der Waals surface area contributed by atoms with E-state index >= 15 is 0 Å². The monoisotopic (exact) mass is 372 g/mol. The highest BCUT2D eigenvalue weighted by atomic mass is 19.1. The molecule has 1 atom stereocenters. The number of amides is 2. The van der Waals surface area contributed by atoms with Crippen LogP contribution in [-0.2, 0) is 16.1 Å². The number of hydrogen-bond donors (Lipinski definition) is 1. The maximum absolute atomic E-state index is 13.1. The normalized spacial score (nSPS) is 16.3. The average Bonchev–Trinajstić information content (AvgIpc) is 3.08. The quantitative estimate of drug-likeness (QED) is 0.792. The van der Waals surface area contributed by atoms with Crippen LogP contribution in [-0.4, -0.2) is 32.6 Å². The van der Waals surface area contributed by atoms with Crippen LogP contribution in [0.4, 0.5) is 10.1 Å². The van der Waals surface area contributed by atoms with E-state index in [0.717, 1.165) is 5.56 Å². The number of nitrogens with one attached hydrogen (secondary N) is 1. The van der Waals surface area contributed by atoms with Gasteiger partial charge in [0.1, 0.15) is 11.7 Å². The summed E-state index contributed by atoms with van der Waals surface area (Å²) in [7, 11) is 3.10. The van der Waals surface area contributed by atoms with E-state index in [1.54, 1.807) is 26.4 Å². The first-order valence-corrected chi connectivity index (χ1v) is 8.59. The number of carbonyl (C=O) groups excluding carboxylic acids is 2. The van der Waals surface area contributed by atoms with Gasteiger partial charge in [0.2, 0.25) is 11.8 Å². The number of benzene rings is 2. The molecule has 1 aliphatic rings. The molecule has 2 aromatic carbocycles. The summed E-state index contributed by atoms with van der Waals surface area (Å²) in [6.45, 7) is 0.707. The number of halogens is 1. The lowest BCUT2D eigenvalue weighted by atomic mass is 10.1. The largest absolute Gasteiger partial charge is 0.493 e. The van der Waals surface area contributed by atoms with Crippen LogP contribution in [0.15, 0.2) is 42.5 Å². The van der Waals surface area contributed by atoms with E-state index < -0.39 is 5.92 Å². The number of rotatable bonds is 6. The molecule has 0 aromatic heterocycles. The maximum atomic E-state index is 13.1. The smallest absolute Gasteiger partial charge is 0.239 e. The van der Waals surface area contributed by atoms with Gasteiger partial charge >= 0.3 is 0 Å². The minimum absolute atomic E-state index is 0.272. The molecule has 3 rings (SSSR count). The number of methoxy groups -OCH3 is 2. The number of ether oxygens (including phenoxy) is 2. The fraction of sp³-hybridized carbons (Fsp3) is 0.300. The Bertz CT molecular complexity index is 838. The van der Waals surface area contributed by atoms with Crippen molar-refractivity contribution in [3.63, 3.8) is 0 Å². The minimum atomic E-state index is -0.741. The van der Waals surface area contributed by atoms with E-state index in [1.807, 2.05) is 6.07 Å². The summed E-state index contributed by atoms with van der Waals surface area (Å²) in [6.07, 6.45) is 0.425. The minimum Gasteiger partial charge on any atom is -0.493 e. The number of carbonyl (C=O) groups is 2. The average molecular weight is 372 g/mol. The topological polar surface area (TPSA) is 67.9 Å². The first kappa shape index (κ1) is 18.7. The molecule has 142 valence electrons. The summed E-state index contributed by atoms with van der Waals surface area (Å²) < 4.78 is 23.5. The van der Waals surface area contributed by atoms with Crippen molar-refractivity contribution < 1.29 is 23.5 Å². The SMILES string of the molecule is COc1ccc(CNC(=O)C2CCN(c3ccc(F)cc3)C2=O)cc1OC. The Labute approximate surface area is 156 Å². The second-order valence-electron chi connectivity index (χ2n) is 6.21. The molecule has 27 heavy (non-hydrogen) atoms. The molecule has 1 unspecified atom stereocenters. The molecule has 1 N–H and O–H groups in total. The number of anilines is 1. The van der Waals surface area contributed by atoms with Gasteiger partial charge in [-0.3, -0.25) is 9.59 Å². The molecule has 6 nitrogen and oxygen atoms in total. The van der Waals surface area contributed by atoms with Gasteiger partial charge in [-0.25, -0.2) is 4.39 Å². The van der Waals surface area contributed by atoms with Gasteiger partial charge in [0.05, 0.1) is 14.2 Å². The second-order valence-corrected chi connectivity index (χ2v) is 6.21. The lowest BCUT2D eigenvalue weighted by Crippen LogP contribution is -2.36. The summed E-state index contributed by atoms with van der Waals surface area (Å²) in [4.78, 5) is 26.5. The molecule has 0 spiro atoms. The molecule has 0 radical (unpaired) electrons. The van der Waals surface area contributed by atoms with E-state index in [4.69, 9.17) is 9.47 Å². The van der Waals surface area contributed by atoms with Crippen LogP contribution in [0.1, 0.15) is 12.0 Å². The Morgan fingerprint density at radius 3 is 2.52 bits per heavy atom. The number of nitrogens with zero attached hydrogens (tertiary/aromatic N) is 1. The van der Waals surface area contributed by atoms with Crippen LogP contribution in [0.2, 0.25) is 0 Å². The van der Waals surface area contributed by atoms with Crippen LogP contribution in [0, 0.1) is 11.7 Å². The lowest BCUT2D eigenvalue weighted by molar-refractivity contribution is -0.132. The van der Waals surface area contributed by atoms with Gasteiger partial charge in [0.15, 0.2) is 11.5 Å². The Balaban J connectivity index is 1.62. The van der Waals surface area contributed by atoms with E-state index in [-0.39, 0.29) is 24.2 Å². The maximum Gasteiger partial charge on any atom is 0.239 e. The van der Waals surface area contributed by atoms with Crippen molar-refractivity contribution >= 4 is 17.5 Å². The van der Waals surface area contributed by atoms with Crippen molar-refractivity contribution in [2.45, 2.75) is 13.0 Å². The van der Waals surface area contributed by atoms with Crippen LogP contribution >= 0.6 is 0 Å². The third-order valence-electron chi connectivity index (χ3n) is 4.57. The third kappa shape index (κ3) is 4.02. The van der Waals surface area contributed by atoms with Gasteiger partial charge in [-0.2, -0.15) is 0 Å². The Morgan fingerprint density at radius 1 is 1.15 bits per heavy atom. The first-order valence-electron chi connectivity index (χ1n) is 8.59. The number of hydrogen-bond acceptors (Lipinski definition) is 4. The highest BCUT2D eigenvalue weighted by Gasteiger charge is 2.37. The fourth-order valence-electron chi connectivity index (χ4n) is 3.10. The fourth-order valence-corrected chi connectivity index (χ4v) is 3.10. The van der Waals surface area contributed by atoms with Crippen molar-refractivity contribution in [2.75, 3.05) is 25.7 Å². The van der Waals surface area contributed by atoms with E-state index in [0.29, 0.717) is 30.2 Å². The highest BCUT2D eigenvalue weighted by Crippen LogP contribution is 2.28. The van der Waals surface area contributed by atoms with Crippen molar-refractivity contribution in [1.82, 2.24) is 5.32 Å². The molecule has 0 saturated carbocycles. The molecule has 1 aliphatic heterocycles. The molecule has 7 heteroatoms. The van der Waals surface area contributed by atoms with E-state index in [1.165, 1.54) is 29.2 Å². The Hall–Kier alpha value is -3.09. The zero-order chi connectivity index (χ0) is 19.4. The van der Waals surface area contributed by atoms with Gasteiger partial charge < -0.3 is 19.7 Å². The molecular formula is C20H21FN2O4. The summed E-state index contributed by atoms with van der Waals surface area (Å²) in [6, 6.07) is 11.0. The first-order chi connectivity index (χ1) is 13.0. The van der Waals surface area contributed by atoms with Crippen molar-refractivity contribution in [2.24, 2.45) is 5.92 Å². The van der Waals surface area contributed by atoms with E-state index in [9.17, 15) is 14.0 Å². The molecule has 0 aliphatic carbocycles. The van der Waals surface area contributed by atoms with Gasteiger partial charge in [-0.05, 0) is 48.4 Å². The second kappa shape index (κ2) is 8.07. The van der Waals surface area contributed by atoms with Gasteiger partial charge in [-0.15, -0.1) is 0 Å².